The van der Waals surface area contributed by atoms with Crippen molar-refractivity contribution in [1.82, 2.24) is 10.3 Å². The molecule has 2 atom stereocenters. The number of ether oxygens (including phenoxy) is 1. The highest BCUT2D eigenvalue weighted by Gasteiger charge is 2.23. The van der Waals surface area contributed by atoms with Crippen LogP contribution in [0.2, 0.25) is 0 Å². The molecule has 0 unspecified atom stereocenters. The van der Waals surface area contributed by atoms with E-state index in [-0.39, 0.29) is 12.5 Å². The molecule has 0 radical (unpaired) electrons. The fourth-order valence-electron chi connectivity index (χ4n) is 2.88. The van der Waals surface area contributed by atoms with Gasteiger partial charge in [0.1, 0.15) is 6.10 Å². The molecule has 0 saturated heterocycles. The van der Waals surface area contributed by atoms with Crippen LogP contribution in [-0.4, -0.2) is 35.8 Å². The van der Waals surface area contributed by atoms with Gasteiger partial charge in [0.2, 0.25) is 0 Å². The third kappa shape index (κ3) is 4.78. The first-order chi connectivity index (χ1) is 13.2. The predicted octanol–water partition coefficient (Wildman–Crippen LogP) is 3.23. The average Bonchev–Trinajstić information content (AvgIpc) is 2.74. The van der Waals surface area contributed by atoms with Crippen molar-refractivity contribution in [2.24, 2.45) is 0 Å². The van der Waals surface area contributed by atoms with Crippen LogP contribution in [0.25, 0.3) is 11.1 Å². The number of aromatic nitrogens is 1. The number of methoxy groups -OCH3 is 1. The lowest BCUT2D eigenvalue weighted by molar-refractivity contribution is 0.0594. The van der Waals surface area contributed by atoms with Crippen molar-refractivity contribution in [3.8, 4) is 11.1 Å². The second-order valence-corrected chi connectivity index (χ2v) is 6.20. The molecule has 0 fully saturated rings. The Morgan fingerprint density at radius 2 is 1.63 bits per heavy atom. The molecule has 0 aliphatic heterocycles. The molecule has 2 aromatic carbocycles. The standard InChI is InChI=1S/C22H22N2O3/c1-27-15-20(21(25)18-5-3-2-4-6-18)24-22(26)19-9-7-16(8-10-19)17-11-13-23-14-12-17/h2-14,20-21,25H,15H2,1H3,(H,24,26)/t20-,21+/m0/s1. The van der Waals surface area contributed by atoms with Crippen molar-refractivity contribution in [2.45, 2.75) is 12.1 Å². The molecule has 0 aliphatic rings. The quantitative estimate of drug-likeness (QED) is 0.677. The zero-order chi connectivity index (χ0) is 19.1. The molecule has 0 aliphatic carbocycles. The maximum Gasteiger partial charge on any atom is 0.251 e. The van der Waals surface area contributed by atoms with Gasteiger partial charge in [-0.05, 0) is 41.0 Å². The van der Waals surface area contributed by atoms with Gasteiger partial charge >= 0.3 is 0 Å². The molecule has 1 amide bonds. The third-order valence-electron chi connectivity index (χ3n) is 4.35. The van der Waals surface area contributed by atoms with Crippen molar-refractivity contribution < 1.29 is 14.6 Å². The molecule has 3 rings (SSSR count). The number of aliphatic hydroxyl groups excluding tert-OH is 1. The molecule has 1 aromatic heterocycles. The van der Waals surface area contributed by atoms with E-state index in [1.165, 1.54) is 0 Å². The number of benzene rings is 2. The van der Waals surface area contributed by atoms with Crippen LogP contribution in [0.15, 0.2) is 79.1 Å². The highest BCUT2D eigenvalue weighted by Crippen LogP contribution is 2.20. The zero-order valence-electron chi connectivity index (χ0n) is 15.1. The summed E-state index contributed by atoms with van der Waals surface area (Å²) in [7, 11) is 1.54. The number of hydrogen-bond donors (Lipinski definition) is 2. The first kappa shape index (κ1) is 18.8. The topological polar surface area (TPSA) is 71.5 Å². The van der Waals surface area contributed by atoms with Crippen LogP contribution in [0.5, 0.6) is 0 Å². The molecule has 2 N–H and O–H groups in total. The minimum absolute atomic E-state index is 0.205. The van der Waals surface area contributed by atoms with Gasteiger partial charge in [0.25, 0.3) is 5.91 Å². The van der Waals surface area contributed by atoms with Crippen molar-refractivity contribution in [3.63, 3.8) is 0 Å². The van der Waals surface area contributed by atoms with Crippen LogP contribution in [-0.2, 0) is 4.74 Å². The Labute approximate surface area is 158 Å². The normalized spacial score (nSPS) is 13.0. The monoisotopic (exact) mass is 362 g/mol. The van der Waals surface area contributed by atoms with E-state index in [4.69, 9.17) is 4.74 Å². The minimum Gasteiger partial charge on any atom is -0.386 e. The zero-order valence-corrected chi connectivity index (χ0v) is 15.1. The fourth-order valence-corrected chi connectivity index (χ4v) is 2.88. The highest BCUT2D eigenvalue weighted by molar-refractivity contribution is 5.95. The molecule has 0 bridgehead atoms. The Morgan fingerprint density at radius 1 is 1.00 bits per heavy atom. The number of carbonyl (C=O) groups excluding carboxylic acids is 1. The number of hydrogen-bond acceptors (Lipinski definition) is 4. The van der Waals surface area contributed by atoms with Gasteiger partial charge < -0.3 is 15.2 Å². The maximum absolute atomic E-state index is 12.6. The summed E-state index contributed by atoms with van der Waals surface area (Å²) in [5.41, 5.74) is 3.29. The highest BCUT2D eigenvalue weighted by atomic mass is 16.5. The van der Waals surface area contributed by atoms with Crippen LogP contribution in [0.1, 0.15) is 22.0 Å². The van der Waals surface area contributed by atoms with Gasteiger partial charge in [0.15, 0.2) is 0 Å². The Morgan fingerprint density at radius 3 is 2.26 bits per heavy atom. The van der Waals surface area contributed by atoms with Gasteiger partial charge in [-0.3, -0.25) is 9.78 Å². The van der Waals surface area contributed by atoms with E-state index in [0.29, 0.717) is 5.56 Å². The summed E-state index contributed by atoms with van der Waals surface area (Å²) in [5.74, 6) is -0.256. The van der Waals surface area contributed by atoms with E-state index in [0.717, 1.165) is 16.7 Å². The minimum atomic E-state index is -0.855. The summed E-state index contributed by atoms with van der Waals surface area (Å²) in [6.07, 6.45) is 2.61. The van der Waals surface area contributed by atoms with Crippen LogP contribution in [0.3, 0.4) is 0 Å². The second kappa shape index (κ2) is 9.07. The van der Waals surface area contributed by atoms with Gasteiger partial charge in [-0.2, -0.15) is 0 Å². The third-order valence-corrected chi connectivity index (χ3v) is 4.35. The van der Waals surface area contributed by atoms with Crippen molar-refractivity contribution in [2.75, 3.05) is 13.7 Å². The van der Waals surface area contributed by atoms with Gasteiger partial charge in [0, 0.05) is 25.1 Å². The van der Waals surface area contributed by atoms with Crippen LogP contribution in [0.4, 0.5) is 0 Å². The number of amides is 1. The lowest BCUT2D eigenvalue weighted by Gasteiger charge is -2.24. The Hall–Kier alpha value is -3.02. The molecular weight excluding hydrogens is 340 g/mol. The summed E-state index contributed by atoms with van der Waals surface area (Å²) < 4.78 is 5.18. The largest absolute Gasteiger partial charge is 0.386 e. The Bertz CT molecular complexity index is 852. The molecule has 5 nitrogen and oxygen atoms in total. The van der Waals surface area contributed by atoms with E-state index >= 15 is 0 Å². The van der Waals surface area contributed by atoms with Crippen LogP contribution < -0.4 is 5.32 Å². The number of rotatable bonds is 7. The first-order valence-electron chi connectivity index (χ1n) is 8.72. The van der Waals surface area contributed by atoms with E-state index < -0.39 is 12.1 Å². The molecular formula is C22H22N2O3. The number of aliphatic hydroxyl groups is 1. The lowest BCUT2D eigenvalue weighted by Crippen LogP contribution is -2.42. The summed E-state index contributed by atoms with van der Waals surface area (Å²) in [4.78, 5) is 16.6. The molecule has 138 valence electrons. The molecule has 1 heterocycles. The van der Waals surface area contributed by atoms with Crippen molar-refractivity contribution in [3.05, 3.63) is 90.3 Å². The molecule has 0 spiro atoms. The number of carbonyl (C=O) groups is 1. The molecule has 5 heteroatoms. The maximum atomic E-state index is 12.6. The predicted molar refractivity (Wildman–Crippen MR) is 104 cm³/mol. The first-order valence-corrected chi connectivity index (χ1v) is 8.72. The smallest absolute Gasteiger partial charge is 0.251 e. The SMILES string of the molecule is COC[C@H](NC(=O)c1ccc(-c2ccncc2)cc1)[C@H](O)c1ccccc1. The van der Waals surface area contributed by atoms with Gasteiger partial charge in [-0.15, -0.1) is 0 Å². The number of nitrogens with one attached hydrogen (secondary N) is 1. The summed E-state index contributed by atoms with van der Waals surface area (Å²) >= 11 is 0. The number of nitrogens with zero attached hydrogens (tertiary/aromatic N) is 1. The Balaban J connectivity index is 1.72. The summed E-state index contributed by atoms with van der Waals surface area (Å²) in [6.45, 7) is 0.205. The van der Waals surface area contributed by atoms with Crippen LogP contribution >= 0.6 is 0 Å². The average molecular weight is 362 g/mol. The van der Waals surface area contributed by atoms with Gasteiger partial charge in [0.05, 0.1) is 12.6 Å². The van der Waals surface area contributed by atoms with E-state index in [1.807, 2.05) is 54.6 Å². The van der Waals surface area contributed by atoms with E-state index in [2.05, 4.69) is 10.3 Å². The number of pyridine rings is 1. The van der Waals surface area contributed by atoms with Crippen molar-refractivity contribution in [1.29, 1.82) is 0 Å². The van der Waals surface area contributed by atoms with Gasteiger partial charge in [-0.1, -0.05) is 42.5 Å². The molecule has 27 heavy (non-hydrogen) atoms. The van der Waals surface area contributed by atoms with Crippen LogP contribution in [0, 0.1) is 0 Å². The van der Waals surface area contributed by atoms with Crippen molar-refractivity contribution >= 4 is 5.91 Å². The summed E-state index contributed by atoms with van der Waals surface area (Å²) in [5, 5.41) is 13.5. The molecule has 0 saturated carbocycles. The second-order valence-electron chi connectivity index (χ2n) is 6.20. The fraction of sp³-hybridized carbons (Fsp3) is 0.182. The summed E-state index contributed by atoms with van der Waals surface area (Å²) in [6, 6.07) is 19.8. The molecule has 3 aromatic rings. The lowest BCUT2D eigenvalue weighted by atomic mass is 10.0. The van der Waals surface area contributed by atoms with E-state index in [9.17, 15) is 9.90 Å². The van der Waals surface area contributed by atoms with Gasteiger partial charge in [-0.25, -0.2) is 0 Å². The Kier molecular flexibility index (Phi) is 6.30. The van der Waals surface area contributed by atoms with E-state index in [1.54, 1.807) is 31.6 Å².